The molecule has 134 valence electrons. The largest absolute Gasteiger partial charge is 0.493 e. The van der Waals surface area contributed by atoms with E-state index in [9.17, 15) is 10.2 Å². The molecule has 0 radical (unpaired) electrons. The molecule has 2 atom stereocenters. The fraction of sp³-hybridized carbons (Fsp3) is 0.300. The molecule has 0 heterocycles. The third-order valence-electron chi connectivity index (χ3n) is 4.05. The maximum atomic E-state index is 10.3. The Balaban J connectivity index is 2.26. The lowest BCUT2D eigenvalue weighted by Crippen LogP contribution is -2.40. The molecule has 0 saturated heterocycles. The van der Waals surface area contributed by atoms with Gasteiger partial charge in [-0.1, -0.05) is 24.3 Å². The summed E-state index contributed by atoms with van der Waals surface area (Å²) in [6, 6.07) is 3.66. The molecular weight excluding hydrogens is 320 g/mol. The van der Waals surface area contributed by atoms with Crippen molar-refractivity contribution in [3.8, 4) is 17.2 Å². The first-order valence-electron chi connectivity index (χ1n) is 7.88. The molecule has 1 aromatic carbocycles. The molecular formula is C20H24O5. The number of hydrogen-bond acceptors (Lipinski definition) is 5. The lowest BCUT2D eigenvalue weighted by molar-refractivity contribution is -0.0132. The number of aliphatic hydroxyl groups excluding tert-OH is 1. The summed E-state index contributed by atoms with van der Waals surface area (Å²) >= 11 is 0. The van der Waals surface area contributed by atoms with E-state index in [1.165, 1.54) is 0 Å². The summed E-state index contributed by atoms with van der Waals surface area (Å²) in [5, 5.41) is 20.5. The summed E-state index contributed by atoms with van der Waals surface area (Å²) in [7, 11) is 4.68. The van der Waals surface area contributed by atoms with Crippen LogP contribution in [0.15, 0.2) is 54.7 Å². The SMILES string of the molecule is C=CCC1(O)C=CC(C=Cc2cc(OC)c(OC)c(OC)c2)=CC1O. The van der Waals surface area contributed by atoms with Gasteiger partial charge in [-0.2, -0.15) is 0 Å². The highest BCUT2D eigenvalue weighted by Gasteiger charge is 2.32. The van der Waals surface area contributed by atoms with Gasteiger partial charge in [0.1, 0.15) is 11.7 Å². The molecule has 0 spiro atoms. The molecule has 2 rings (SSSR count). The number of hydrogen-bond donors (Lipinski definition) is 2. The molecule has 0 fully saturated rings. The number of allylic oxidation sites excluding steroid dienone is 3. The third kappa shape index (κ3) is 4.13. The van der Waals surface area contributed by atoms with Gasteiger partial charge in [0.15, 0.2) is 11.5 Å². The lowest BCUT2D eigenvalue weighted by Gasteiger charge is -2.30. The first kappa shape index (κ1) is 18.8. The maximum absolute atomic E-state index is 10.3. The summed E-state index contributed by atoms with van der Waals surface area (Å²) in [6.07, 6.45) is 9.55. The fourth-order valence-electron chi connectivity index (χ4n) is 2.64. The zero-order valence-corrected chi connectivity index (χ0v) is 14.7. The Morgan fingerprint density at radius 2 is 1.76 bits per heavy atom. The van der Waals surface area contributed by atoms with Crippen LogP contribution in [0, 0.1) is 0 Å². The van der Waals surface area contributed by atoms with Gasteiger partial charge in [-0.25, -0.2) is 0 Å². The quantitative estimate of drug-likeness (QED) is 0.745. The van der Waals surface area contributed by atoms with Crippen LogP contribution in [0.3, 0.4) is 0 Å². The Morgan fingerprint density at radius 3 is 2.24 bits per heavy atom. The van der Waals surface area contributed by atoms with Crippen molar-refractivity contribution in [2.45, 2.75) is 18.1 Å². The minimum absolute atomic E-state index is 0.283. The van der Waals surface area contributed by atoms with E-state index in [1.807, 2.05) is 24.3 Å². The normalized spacial score (nSPS) is 22.6. The molecule has 1 aromatic rings. The van der Waals surface area contributed by atoms with E-state index in [1.54, 1.807) is 45.6 Å². The van der Waals surface area contributed by atoms with Crippen LogP contribution in [0.25, 0.3) is 6.08 Å². The van der Waals surface area contributed by atoms with Gasteiger partial charge in [0.25, 0.3) is 0 Å². The molecule has 25 heavy (non-hydrogen) atoms. The van der Waals surface area contributed by atoms with Crippen LogP contribution in [-0.4, -0.2) is 43.2 Å². The van der Waals surface area contributed by atoms with Crippen molar-refractivity contribution < 1.29 is 24.4 Å². The van der Waals surface area contributed by atoms with Crippen LogP contribution in [0.4, 0.5) is 0 Å². The molecule has 5 nitrogen and oxygen atoms in total. The second-order valence-corrected chi connectivity index (χ2v) is 5.72. The van der Waals surface area contributed by atoms with Crippen molar-refractivity contribution in [1.82, 2.24) is 0 Å². The Labute approximate surface area is 148 Å². The lowest BCUT2D eigenvalue weighted by atomic mass is 9.86. The number of aliphatic hydroxyl groups is 2. The van der Waals surface area contributed by atoms with E-state index in [4.69, 9.17) is 14.2 Å². The summed E-state index contributed by atoms with van der Waals surface area (Å²) < 4.78 is 16.0. The van der Waals surface area contributed by atoms with Gasteiger partial charge >= 0.3 is 0 Å². The fourth-order valence-corrected chi connectivity index (χ4v) is 2.64. The minimum Gasteiger partial charge on any atom is -0.493 e. The van der Waals surface area contributed by atoms with Crippen molar-refractivity contribution in [2.24, 2.45) is 0 Å². The molecule has 1 aliphatic carbocycles. The molecule has 0 aliphatic heterocycles. The van der Waals surface area contributed by atoms with Crippen LogP contribution in [0.5, 0.6) is 17.2 Å². The molecule has 0 bridgehead atoms. The van der Waals surface area contributed by atoms with Crippen molar-refractivity contribution >= 4 is 6.08 Å². The van der Waals surface area contributed by atoms with Crippen molar-refractivity contribution in [3.63, 3.8) is 0 Å². The van der Waals surface area contributed by atoms with Gasteiger partial charge in [-0.15, -0.1) is 6.58 Å². The van der Waals surface area contributed by atoms with Gasteiger partial charge in [-0.05, 0) is 35.4 Å². The Hall–Kier alpha value is -2.50. The first-order valence-corrected chi connectivity index (χ1v) is 7.88. The van der Waals surface area contributed by atoms with Crippen molar-refractivity contribution in [2.75, 3.05) is 21.3 Å². The van der Waals surface area contributed by atoms with Crippen LogP contribution in [0.1, 0.15) is 12.0 Å². The highest BCUT2D eigenvalue weighted by Crippen LogP contribution is 2.38. The van der Waals surface area contributed by atoms with Crippen LogP contribution in [-0.2, 0) is 0 Å². The smallest absolute Gasteiger partial charge is 0.203 e. The highest BCUT2D eigenvalue weighted by molar-refractivity contribution is 5.64. The minimum atomic E-state index is -1.30. The van der Waals surface area contributed by atoms with Gasteiger partial charge in [0, 0.05) is 6.42 Å². The number of rotatable bonds is 7. The summed E-state index contributed by atoms with van der Waals surface area (Å²) in [6.45, 7) is 3.60. The van der Waals surface area contributed by atoms with E-state index in [2.05, 4.69) is 6.58 Å². The summed E-state index contributed by atoms with van der Waals surface area (Å²) in [5.41, 5.74) is 0.339. The Bertz CT molecular complexity index is 692. The molecule has 0 saturated carbocycles. The standard InChI is InChI=1S/C20H24O5/c1-5-9-20(22)10-8-14(13-18(20)21)6-7-15-11-16(23-2)19(25-4)17(12-15)24-3/h5-8,10-13,18,21-22H,1,9H2,2-4H3. The van der Waals surface area contributed by atoms with E-state index >= 15 is 0 Å². The maximum Gasteiger partial charge on any atom is 0.203 e. The monoisotopic (exact) mass is 344 g/mol. The highest BCUT2D eigenvalue weighted by atomic mass is 16.5. The Morgan fingerprint density at radius 1 is 1.12 bits per heavy atom. The van der Waals surface area contributed by atoms with Crippen molar-refractivity contribution in [1.29, 1.82) is 0 Å². The number of methoxy groups -OCH3 is 3. The average Bonchev–Trinajstić information content (AvgIpc) is 2.62. The zero-order valence-electron chi connectivity index (χ0n) is 14.7. The van der Waals surface area contributed by atoms with Gasteiger partial charge in [0.2, 0.25) is 5.75 Å². The molecule has 0 amide bonds. The Kier molecular flexibility index (Phi) is 6.07. The predicted octanol–water partition coefficient (Wildman–Crippen LogP) is 2.89. The van der Waals surface area contributed by atoms with Crippen LogP contribution >= 0.6 is 0 Å². The second-order valence-electron chi connectivity index (χ2n) is 5.72. The molecule has 0 aromatic heterocycles. The topological polar surface area (TPSA) is 68.2 Å². The average molecular weight is 344 g/mol. The van der Waals surface area contributed by atoms with Gasteiger partial charge < -0.3 is 24.4 Å². The van der Waals surface area contributed by atoms with E-state index in [0.29, 0.717) is 17.2 Å². The summed E-state index contributed by atoms with van der Waals surface area (Å²) in [4.78, 5) is 0. The third-order valence-corrected chi connectivity index (χ3v) is 4.05. The van der Waals surface area contributed by atoms with Gasteiger partial charge in [0.05, 0.1) is 21.3 Å². The summed E-state index contributed by atoms with van der Waals surface area (Å²) in [5.74, 6) is 1.66. The predicted molar refractivity (Wildman–Crippen MR) is 98.1 cm³/mol. The zero-order chi connectivity index (χ0) is 18.4. The van der Waals surface area contributed by atoms with E-state index in [-0.39, 0.29) is 6.42 Å². The number of benzene rings is 1. The first-order chi connectivity index (χ1) is 12.0. The van der Waals surface area contributed by atoms with Crippen LogP contribution < -0.4 is 14.2 Å². The number of ether oxygens (including phenoxy) is 3. The van der Waals surface area contributed by atoms with E-state index in [0.717, 1.165) is 11.1 Å². The molecule has 2 unspecified atom stereocenters. The molecule has 1 aliphatic rings. The van der Waals surface area contributed by atoms with Crippen LogP contribution in [0.2, 0.25) is 0 Å². The second kappa shape index (κ2) is 8.05. The molecule has 5 heteroatoms. The molecule has 2 N–H and O–H groups in total. The van der Waals surface area contributed by atoms with Gasteiger partial charge in [-0.3, -0.25) is 0 Å². The van der Waals surface area contributed by atoms with Crippen molar-refractivity contribution in [3.05, 3.63) is 60.2 Å². The van der Waals surface area contributed by atoms with E-state index < -0.39 is 11.7 Å².